The van der Waals surface area contributed by atoms with Gasteiger partial charge in [-0.05, 0) is 55.2 Å². The van der Waals surface area contributed by atoms with E-state index in [1.807, 2.05) is 0 Å². The predicted molar refractivity (Wildman–Crippen MR) is 68.8 cm³/mol. The monoisotopic (exact) mass is 287 g/mol. The number of fused-ring (bicyclic) bond motifs is 2. The molecule has 0 aliphatic heterocycles. The molecular weight excluding hydrogens is 270 g/mol. The Hall–Kier alpha value is -1.26. The Bertz CT molecular complexity index is 497. The SMILES string of the molecule is Fc1cc(C(F)(F)F)ccc1NCC1CC2CCC1C2. The summed E-state index contributed by atoms with van der Waals surface area (Å²) >= 11 is 0. The summed E-state index contributed by atoms with van der Waals surface area (Å²) in [6, 6.07) is 2.67. The van der Waals surface area contributed by atoms with Crippen LogP contribution in [0.3, 0.4) is 0 Å². The van der Waals surface area contributed by atoms with Gasteiger partial charge in [0.25, 0.3) is 0 Å². The summed E-state index contributed by atoms with van der Waals surface area (Å²) in [7, 11) is 0. The number of anilines is 1. The maximum atomic E-state index is 13.7. The van der Waals surface area contributed by atoms with Crippen LogP contribution in [0.25, 0.3) is 0 Å². The normalized spacial score (nSPS) is 28.9. The second kappa shape index (κ2) is 4.93. The van der Waals surface area contributed by atoms with Gasteiger partial charge < -0.3 is 5.32 Å². The Morgan fingerprint density at radius 2 is 1.95 bits per heavy atom. The second-order valence-electron chi connectivity index (χ2n) is 6.01. The van der Waals surface area contributed by atoms with Crippen molar-refractivity contribution in [3.05, 3.63) is 29.6 Å². The molecule has 0 amide bonds. The number of benzene rings is 1. The number of alkyl halides is 3. The number of halogens is 4. The number of hydrogen-bond acceptors (Lipinski definition) is 1. The Morgan fingerprint density at radius 3 is 2.50 bits per heavy atom. The molecule has 1 aromatic rings. The minimum atomic E-state index is -4.50. The number of nitrogens with one attached hydrogen (secondary N) is 1. The van der Waals surface area contributed by atoms with Crippen molar-refractivity contribution in [1.29, 1.82) is 0 Å². The summed E-state index contributed by atoms with van der Waals surface area (Å²) in [5.74, 6) is 1.23. The third-order valence-corrected chi connectivity index (χ3v) is 4.74. The molecule has 1 N–H and O–H groups in total. The molecule has 1 aromatic carbocycles. The molecule has 3 unspecified atom stereocenters. The fourth-order valence-corrected chi connectivity index (χ4v) is 3.70. The lowest BCUT2D eigenvalue weighted by Gasteiger charge is -2.22. The van der Waals surface area contributed by atoms with E-state index < -0.39 is 17.6 Å². The maximum absolute atomic E-state index is 13.7. The van der Waals surface area contributed by atoms with Gasteiger partial charge in [0, 0.05) is 6.54 Å². The largest absolute Gasteiger partial charge is 0.416 e. The Morgan fingerprint density at radius 1 is 1.15 bits per heavy atom. The summed E-state index contributed by atoms with van der Waals surface area (Å²) in [5, 5.41) is 2.98. The molecule has 2 fully saturated rings. The van der Waals surface area contributed by atoms with Crippen molar-refractivity contribution < 1.29 is 17.6 Å². The van der Waals surface area contributed by atoms with Crippen molar-refractivity contribution in [3.63, 3.8) is 0 Å². The highest BCUT2D eigenvalue weighted by atomic mass is 19.4. The van der Waals surface area contributed by atoms with Crippen LogP contribution in [0.1, 0.15) is 31.2 Å². The van der Waals surface area contributed by atoms with E-state index in [-0.39, 0.29) is 5.69 Å². The molecule has 3 rings (SSSR count). The first-order valence-electron chi connectivity index (χ1n) is 7.04. The van der Waals surface area contributed by atoms with E-state index in [1.165, 1.54) is 31.7 Å². The summed E-state index contributed by atoms with van der Waals surface area (Å²) in [6.45, 7) is 0.656. The van der Waals surface area contributed by atoms with Gasteiger partial charge in [-0.15, -0.1) is 0 Å². The van der Waals surface area contributed by atoms with E-state index in [4.69, 9.17) is 0 Å². The van der Waals surface area contributed by atoms with Gasteiger partial charge in [0.15, 0.2) is 0 Å². The number of hydrogen-bond donors (Lipinski definition) is 1. The zero-order valence-electron chi connectivity index (χ0n) is 11.0. The molecule has 0 aromatic heterocycles. The zero-order chi connectivity index (χ0) is 14.3. The van der Waals surface area contributed by atoms with Crippen molar-refractivity contribution >= 4 is 5.69 Å². The molecule has 0 spiro atoms. The minimum Gasteiger partial charge on any atom is -0.382 e. The third kappa shape index (κ3) is 2.63. The Balaban J connectivity index is 1.63. The van der Waals surface area contributed by atoms with E-state index in [0.29, 0.717) is 24.4 Å². The Labute approximate surface area is 115 Å². The standard InChI is InChI=1S/C15H17F4N/c16-13-7-12(15(17,18)19)3-4-14(13)20-8-11-6-9-1-2-10(11)5-9/h3-4,7,9-11,20H,1-2,5-6,8H2. The van der Waals surface area contributed by atoms with Crippen molar-refractivity contribution in [3.8, 4) is 0 Å². The molecule has 2 aliphatic rings. The molecule has 2 bridgehead atoms. The van der Waals surface area contributed by atoms with Gasteiger partial charge in [-0.3, -0.25) is 0 Å². The minimum absolute atomic E-state index is 0.167. The van der Waals surface area contributed by atoms with E-state index >= 15 is 0 Å². The van der Waals surface area contributed by atoms with Gasteiger partial charge >= 0.3 is 6.18 Å². The van der Waals surface area contributed by atoms with Crippen LogP contribution in [-0.2, 0) is 6.18 Å². The van der Waals surface area contributed by atoms with Crippen molar-refractivity contribution in [2.45, 2.75) is 31.9 Å². The van der Waals surface area contributed by atoms with Crippen molar-refractivity contribution in [2.24, 2.45) is 17.8 Å². The summed E-state index contributed by atoms with van der Waals surface area (Å²) in [5.41, 5.74) is -0.777. The summed E-state index contributed by atoms with van der Waals surface area (Å²) in [4.78, 5) is 0. The average Bonchev–Trinajstić information content (AvgIpc) is 2.98. The molecule has 0 radical (unpaired) electrons. The third-order valence-electron chi connectivity index (χ3n) is 4.74. The molecule has 1 nitrogen and oxygen atoms in total. The first-order chi connectivity index (χ1) is 9.43. The van der Waals surface area contributed by atoms with Crippen LogP contribution in [0, 0.1) is 23.6 Å². The van der Waals surface area contributed by atoms with Crippen LogP contribution in [0.15, 0.2) is 18.2 Å². The zero-order valence-corrected chi connectivity index (χ0v) is 11.0. The summed E-state index contributed by atoms with van der Waals surface area (Å²) < 4.78 is 51.0. The Kier molecular flexibility index (Phi) is 3.38. The van der Waals surface area contributed by atoms with Gasteiger partial charge in [-0.25, -0.2) is 4.39 Å². The van der Waals surface area contributed by atoms with Crippen LogP contribution >= 0.6 is 0 Å². The topological polar surface area (TPSA) is 12.0 Å². The van der Waals surface area contributed by atoms with E-state index in [9.17, 15) is 17.6 Å². The highest BCUT2D eigenvalue weighted by Crippen LogP contribution is 2.48. The fourth-order valence-electron chi connectivity index (χ4n) is 3.70. The smallest absolute Gasteiger partial charge is 0.382 e. The van der Waals surface area contributed by atoms with Gasteiger partial charge in [-0.2, -0.15) is 13.2 Å². The lowest BCUT2D eigenvalue weighted by molar-refractivity contribution is -0.137. The van der Waals surface area contributed by atoms with Gasteiger partial charge in [0.1, 0.15) is 5.82 Å². The molecule has 20 heavy (non-hydrogen) atoms. The quantitative estimate of drug-likeness (QED) is 0.795. The van der Waals surface area contributed by atoms with E-state index in [2.05, 4.69) is 5.32 Å². The lowest BCUT2D eigenvalue weighted by Crippen LogP contribution is -2.20. The first-order valence-corrected chi connectivity index (χ1v) is 7.04. The van der Waals surface area contributed by atoms with Crippen LogP contribution in [0.4, 0.5) is 23.2 Å². The van der Waals surface area contributed by atoms with Gasteiger partial charge in [-0.1, -0.05) is 6.42 Å². The van der Waals surface area contributed by atoms with Gasteiger partial charge in [0.2, 0.25) is 0 Å². The molecule has 2 saturated carbocycles. The first kappa shape index (κ1) is 13.7. The molecular formula is C15H17F4N. The highest BCUT2D eigenvalue weighted by molar-refractivity contribution is 5.47. The molecule has 0 heterocycles. The second-order valence-corrected chi connectivity index (χ2v) is 6.01. The van der Waals surface area contributed by atoms with Crippen LogP contribution in [0.5, 0.6) is 0 Å². The van der Waals surface area contributed by atoms with Crippen molar-refractivity contribution in [2.75, 3.05) is 11.9 Å². The molecule has 110 valence electrons. The maximum Gasteiger partial charge on any atom is 0.416 e. The van der Waals surface area contributed by atoms with Crippen molar-refractivity contribution in [1.82, 2.24) is 0 Å². The fraction of sp³-hybridized carbons (Fsp3) is 0.600. The van der Waals surface area contributed by atoms with E-state index in [1.54, 1.807) is 0 Å². The molecule has 3 atom stereocenters. The van der Waals surface area contributed by atoms with Crippen LogP contribution in [-0.4, -0.2) is 6.54 Å². The van der Waals surface area contributed by atoms with Crippen LogP contribution in [0.2, 0.25) is 0 Å². The number of rotatable bonds is 3. The highest BCUT2D eigenvalue weighted by Gasteiger charge is 2.39. The van der Waals surface area contributed by atoms with Gasteiger partial charge in [0.05, 0.1) is 11.3 Å². The molecule has 0 saturated heterocycles. The molecule has 2 aliphatic carbocycles. The van der Waals surface area contributed by atoms with Crippen LogP contribution < -0.4 is 5.32 Å². The average molecular weight is 287 g/mol. The lowest BCUT2D eigenvalue weighted by atomic mass is 9.89. The van der Waals surface area contributed by atoms with E-state index in [0.717, 1.165) is 12.0 Å². The molecule has 5 heteroatoms. The summed E-state index contributed by atoms with van der Waals surface area (Å²) in [6.07, 6.45) is 0.480. The predicted octanol–water partition coefficient (Wildman–Crippen LogP) is 4.69.